The zero-order valence-electron chi connectivity index (χ0n) is 6.33. The highest BCUT2D eigenvalue weighted by Gasteiger charge is 2.03. The van der Waals surface area contributed by atoms with Crippen LogP contribution in [0, 0.1) is 12.3 Å². The van der Waals surface area contributed by atoms with Gasteiger partial charge >= 0.3 is 5.96 Å². The SMILES string of the molecule is Cc1ccc(N)[n+](C(=N)N)c1. The highest BCUT2D eigenvalue weighted by atomic mass is 15.1. The number of pyridine rings is 1. The zero-order valence-corrected chi connectivity index (χ0v) is 6.33. The summed E-state index contributed by atoms with van der Waals surface area (Å²) in [5.41, 5.74) is 11.8. The van der Waals surface area contributed by atoms with Gasteiger partial charge in [0.1, 0.15) is 0 Å². The van der Waals surface area contributed by atoms with E-state index in [2.05, 4.69) is 0 Å². The Morgan fingerprint density at radius 2 is 2.18 bits per heavy atom. The molecule has 1 rings (SSSR count). The number of nitrogens with zero attached hydrogens (tertiary/aromatic N) is 1. The van der Waals surface area contributed by atoms with Gasteiger partial charge in [-0.2, -0.15) is 9.98 Å². The van der Waals surface area contributed by atoms with Crippen LogP contribution in [0.1, 0.15) is 5.56 Å². The quantitative estimate of drug-likeness (QED) is 0.268. The molecular formula is C7H11N4+. The second-order valence-electron chi connectivity index (χ2n) is 2.39. The standard InChI is InChI=1S/C7H10N4/c1-5-2-3-6(8)11(4-5)7(9)10/h2-4,8H,1H3,(H3,9,10)/p+1. The summed E-state index contributed by atoms with van der Waals surface area (Å²) in [5, 5.41) is 7.13. The molecule has 0 saturated heterocycles. The molecule has 11 heavy (non-hydrogen) atoms. The molecule has 4 nitrogen and oxygen atoms in total. The van der Waals surface area contributed by atoms with E-state index in [9.17, 15) is 0 Å². The molecule has 0 aromatic carbocycles. The molecule has 0 amide bonds. The number of hydrogen-bond acceptors (Lipinski definition) is 2. The van der Waals surface area contributed by atoms with E-state index >= 15 is 0 Å². The predicted octanol–water partition coefficient (Wildman–Crippen LogP) is -0.394. The second kappa shape index (κ2) is 2.57. The van der Waals surface area contributed by atoms with Crippen LogP contribution in [0.4, 0.5) is 5.82 Å². The number of aryl methyl sites for hydroxylation is 1. The van der Waals surface area contributed by atoms with E-state index in [1.807, 2.05) is 13.0 Å². The Hall–Kier alpha value is -1.58. The zero-order chi connectivity index (χ0) is 8.43. The summed E-state index contributed by atoms with van der Waals surface area (Å²) in [5.74, 6) is 0.411. The maximum atomic E-state index is 7.13. The van der Waals surface area contributed by atoms with Gasteiger partial charge in [-0.05, 0) is 12.5 Å². The third-order valence-electron chi connectivity index (χ3n) is 1.39. The van der Waals surface area contributed by atoms with Gasteiger partial charge in [0, 0.05) is 6.07 Å². The fourth-order valence-corrected chi connectivity index (χ4v) is 0.827. The Morgan fingerprint density at radius 3 is 2.64 bits per heavy atom. The highest BCUT2D eigenvalue weighted by molar-refractivity contribution is 5.65. The van der Waals surface area contributed by atoms with Gasteiger partial charge in [0.2, 0.25) is 0 Å². The molecule has 58 valence electrons. The first-order valence-corrected chi connectivity index (χ1v) is 3.23. The minimum absolute atomic E-state index is 0.0637. The first-order chi connectivity index (χ1) is 5.11. The van der Waals surface area contributed by atoms with Gasteiger partial charge in [-0.25, -0.2) is 0 Å². The van der Waals surface area contributed by atoms with E-state index in [1.54, 1.807) is 12.3 Å². The second-order valence-corrected chi connectivity index (χ2v) is 2.39. The van der Waals surface area contributed by atoms with Crippen LogP contribution in [0.15, 0.2) is 18.3 Å². The molecule has 1 aromatic heterocycles. The number of nitrogens with one attached hydrogen (secondary N) is 1. The van der Waals surface area contributed by atoms with Gasteiger partial charge < -0.3 is 11.5 Å². The average Bonchev–Trinajstić information content (AvgIpc) is 1.94. The molecule has 0 bridgehead atoms. The Bertz CT molecular complexity index is 292. The number of nitrogens with two attached hydrogens (primary N) is 2. The van der Waals surface area contributed by atoms with Crippen LogP contribution in [0.3, 0.4) is 0 Å². The van der Waals surface area contributed by atoms with Crippen molar-refractivity contribution in [1.29, 1.82) is 5.41 Å². The van der Waals surface area contributed by atoms with Crippen LogP contribution in [-0.2, 0) is 0 Å². The van der Waals surface area contributed by atoms with Crippen LogP contribution in [0.5, 0.6) is 0 Å². The van der Waals surface area contributed by atoms with Crippen molar-refractivity contribution in [2.75, 3.05) is 5.73 Å². The lowest BCUT2D eigenvalue weighted by atomic mass is 10.3. The molecule has 1 aromatic rings. The fraction of sp³-hybridized carbons (Fsp3) is 0.143. The third kappa shape index (κ3) is 1.46. The minimum atomic E-state index is -0.0637. The van der Waals surface area contributed by atoms with E-state index in [1.165, 1.54) is 4.57 Å². The summed E-state index contributed by atoms with van der Waals surface area (Å²) in [6.45, 7) is 1.92. The van der Waals surface area contributed by atoms with Gasteiger partial charge in [0.05, 0.1) is 6.20 Å². The lowest BCUT2D eigenvalue weighted by Crippen LogP contribution is -2.49. The van der Waals surface area contributed by atoms with Crippen molar-refractivity contribution < 1.29 is 4.57 Å². The lowest BCUT2D eigenvalue weighted by molar-refractivity contribution is -0.542. The van der Waals surface area contributed by atoms with Gasteiger partial charge in [0.25, 0.3) is 0 Å². The first kappa shape index (κ1) is 7.53. The largest absolute Gasteiger partial charge is 0.341 e. The average molecular weight is 151 g/mol. The number of anilines is 1. The predicted molar refractivity (Wildman–Crippen MR) is 43.1 cm³/mol. The van der Waals surface area contributed by atoms with Crippen LogP contribution in [0.2, 0.25) is 0 Å². The maximum absolute atomic E-state index is 7.13. The normalized spacial score (nSPS) is 9.55. The van der Waals surface area contributed by atoms with Crippen LogP contribution >= 0.6 is 0 Å². The maximum Gasteiger partial charge on any atom is 0.341 e. The Labute approximate surface area is 65.0 Å². The molecule has 5 N–H and O–H groups in total. The lowest BCUT2D eigenvalue weighted by Gasteiger charge is -2.01. The smallest absolute Gasteiger partial charge is 0.334 e. The Kier molecular flexibility index (Phi) is 1.76. The van der Waals surface area contributed by atoms with Gasteiger partial charge in [0.15, 0.2) is 5.82 Å². The van der Waals surface area contributed by atoms with E-state index in [0.717, 1.165) is 5.56 Å². The molecule has 0 fully saturated rings. The van der Waals surface area contributed by atoms with Crippen LogP contribution in [0.25, 0.3) is 0 Å². The van der Waals surface area contributed by atoms with Crippen molar-refractivity contribution in [3.05, 3.63) is 23.9 Å². The van der Waals surface area contributed by atoms with Crippen molar-refractivity contribution in [3.63, 3.8) is 0 Å². The highest BCUT2D eigenvalue weighted by Crippen LogP contribution is 1.95. The molecule has 0 aliphatic rings. The summed E-state index contributed by atoms with van der Waals surface area (Å²) >= 11 is 0. The fourth-order valence-electron chi connectivity index (χ4n) is 0.827. The summed E-state index contributed by atoms with van der Waals surface area (Å²) < 4.78 is 1.43. The molecule has 0 saturated carbocycles. The monoisotopic (exact) mass is 151 g/mol. The third-order valence-corrected chi connectivity index (χ3v) is 1.39. The van der Waals surface area contributed by atoms with Crippen molar-refractivity contribution >= 4 is 11.8 Å². The molecule has 0 spiro atoms. The Balaban J connectivity index is 3.23. The summed E-state index contributed by atoms with van der Waals surface area (Å²) in [4.78, 5) is 0. The number of aromatic nitrogens is 1. The summed E-state index contributed by atoms with van der Waals surface area (Å²) in [6, 6.07) is 3.59. The number of rotatable bonds is 0. The summed E-state index contributed by atoms with van der Waals surface area (Å²) in [7, 11) is 0. The molecule has 0 unspecified atom stereocenters. The van der Waals surface area contributed by atoms with Gasteiger partial charge in [-0.15, -0.1) is 0 Å². The van der Waals surface area contributed by atoms with Crippen molar-refractivity contribution in [3.8, 4) is 0 Å². The van der Waals surface area contributed by atoms with Gasteiger partial charge in [-0.3, -0.25) is 0 Å². The Morgan fingerprint density at radius 1 is 1.55 bits per heavy atom. The van der Waals surface area contributed by atoms with Gasteiger partial charge in [-0.1, -0.05) is 6.07 Å². The number of nitrogen functional groups attached to an aromatic ring is 2. The molecular weight excluding hydrogens is 140 g/mol. The van der Waals surface area contributed by atoms with E-state index in [-0.39, 0.29) is 5.96 Å². The molecule has 4 heteroatoms. The van der Waals surface area contributed by atoms with E-state index in [4.69, 9.17) is 16.9 Å². The molecule has 0 radical (unpaired) electrons. The van der Waals surface area contributed by atoms with Crippen LogP contribution in [-0.4, -0.2) is 5.96 Å². The molecule has 0 aliphatic heterocycles. The molecule has 0 aliphatic carbocycles. The van der Waals surface area contributed by atoms with Crippen LogP contribution < -0.4 is 16.0 Å². The topological polar surface area (TPSA) is 79.8 Å². The van der Waals surface area contributed by atoms with Crippen molar-refractivity contribution in [2.24, 2.45) is 5.73 Å². The summed E-state index contributed by atoms with van der Waals surface area (Å²) in [6.07, 6.45) is 1.72. The molecule has 1 heterocycles. The van der Waals surface area contributed by atoms with E-state index < -0.39 is 0 Å². The first-order valence-electron chi connectivity index (χ1n) is 3.23. The van der Waals surface area contributed by atoms with Crippen molar-refractivity contribution in [2.45, 2.75) is 6.92 Å². The molecule has 0 atom stereocenters. The van der Waals surface area contributed by atoms with E-state index in [0.29, 0.717) is 5.82 Å². The minimum Gasteiger partial charge on any atom is -0.334 e. The van der Waals surface area contributed by atoms with Crippen molar-refractivity contribution in [1.82, 2.24) is 0 Å². The number of hydrogen-bond donors (Lipinski definition) is 3.